The van der Waals surface area contributed by atoms with Crippen molar-refractivity contribution in [2.24, 2.45) is 5.73 Å². The Morgan fingerprint density at radius 3 is 2.84 bits per heavy atom. The third kappa shape index (κ3) is 3.84. The smallest absolute Gasteiger partial charge is 0.343 e. The molecule has 1 rings (SSSR count). The van der Waals surface area contributed by atoms with Crippen LogP contribution in [0, 0.1) is 0 Å². The molecule has 1 heterocycles. The first-order chi connectivity index (χ1) is 8.81. The van der Waals surface area contributed by atoms with Gasteiger partial charge in [0.2, 0.25) is 0 Å². The zero-order valence-electron chi connectivity index (χ0n) is 11.6. The zero-order valence-corrected chi connectivity index (χ0v) is 12.4. The van der Waals surface area contributed by atoms with Gasteiger partial charge in [0.05, 0.1) is 7.11 Å². The van der Waals surface area contributed by atoms with Crippen LogP contribution < -0.4 is 11.4 Å². The van der Waals surface area contributed by atoms with E-state index in [0.717, 1.165) is 0 Å². The Labute approximate surface area is 115 Å². The number of thioether (sulfide) groups is 1. The molecule has 8 heteroatoms. The van der Waals surface area contributed by atoms with E-state index in [1.165, 1.54) is 23.4 Å². The minimum Gasteiger partial charge on any atom is -0.468 e. The minimum absolute atomic E-state index is 0.0228. The summed E-state index contributed by atoms with van der Waals surface area (Å²) >= 11 is 1.40. The van der Waals surface area contributed by atoms with Crippen molar-refractivity contribution in [1.82, 2.24) is 14.8 Å². The molecule has 0 aliphatic carbocycles. The molecule has 0 radical (unpaired) electrons. The number of aromatic nitrogens is 3. The molecule has 0 saturated carbocycles. The topological polar surface area (TPSA) is 103 Å². The van der Waals surface area contributed by atoms with Gasteiger partial charge in [-0.1, -0.05) is 18.7 Å². The van der Waals surface area contributed by atoms with E-state index in [1.807, 2.05) is 13.8 Å². The Bertz CT molecular complexity index is 494. The molecule has 0 aliphatic rings. The molecule has 19 heavy (non-hydrogen) atoms. The Morgan fingerprint density at radius 1 is 1.68 bits per heavy atom. The third-order valence-corrected chi connectivity index (χ3v) is 3.80. The van der Waals surface area contributed by atoms with Crippen molar-refractivity contribution < 1.29 is 9.53 Å². The highest BCUT2D eigenvalue weighted by Gasteiger charge is 2.32. The summed E-state index contributed by atoms with van der Waals surface area (Å²) in [6.07, 6.45) is 0.426. The number of nitrogens with zero attached hydrogens (tertiary/aromatic N) is 2. The molecule has 0 saturated heterocycles. The van der Waals surface area contributed by atoms with E-state index in [9.17, 15) is 9.59 Å². The highest BCUT2D eigenvalue weighted by atomic mass is 32.2. The van der Waals surface area contributed by atoms with E-state index in [4.69, 9.17) is 5.73 Å². The van der Waals surface area contributed by atoms with Crippen LogP contribution in [0.4, 0.5) is 0 Å². The summed E-state index contributed by atoms with van der Waals surface area (Å²) in [6, 6.07) is 0. The first-order valence-electron chi connectivity index (χ1n) is 6.01. The lowest BCUT2D eigenvalue weighted by Crippen LogP contribution is -2.47. The molecule has 0 aromatic carbocycles. The minimum atomic E-state index is -1.05. The Kier molecular flexibility index (Phi) is 5.19. The number of carbonyl (C=O) groups is 1. The highest BCUT2D eigenvalue weighted by molar-refractivity contribution is 7.99. The molecule has 0 amide bonds. The maximum absolute atomic E-state index is 11.5. The van der Waals surface area contributed by atoms with Gasteiger partial charge in [-0.3, -0.25) is 9.36 Å². The number of aromatic amines is 1. The van der Waals surface area contributed by atoms with Gasteiger partial charge in [0, 0.05) is 11.8 Å². The highest BCUT2D eigenvalue weighted by Crippen LogP contribution is 2.26. The van der Waals surface area contributed by atoms with Crippen LogP contribution in [-0.4, -0.2) is 38.6 Å². The largest absolute Gasteiger partial charge is 0.468 e. The van der Waals surface area contributed by atoms with Crippen LogP contribution in [0.15, 0.2) is 9.95 Å². The Morgan fingerprint density at radius 2 is 2.32 bits per heavy atom. The first-order valence-corrected chi connectivity index (χ1v) is 6.89. The number of esters is 1. The molecule has 3 N–H and O–H groups in total. The SMILES string of the molecule is CCn1c(SC(C)CC(C)(N)C(=O)OC)n[nH]c1=O. The fourth-order valence-corrected chi connectivity index (χ4v) is 3.03. The normalized spacial score (nSPS) is 15.8. The van der Waals surface area contributed by atoms with Gasteiger partial charge in [-0.2, -0.15) is 0 Å². The van der Waals surface area contributed by atoms with Gasteiger partial charge in [-0.15, -0.1) is 5.10 Å². The fourth-order valence-electron chi connectivity index (χ4n) is 1.81. The average molecular weight is 288 g/mol. The van der Waals surface area contributed by atoms with Crippen molar-refractivity contribution >= 4 is 17.7 Å². The molecule has 0 aliphatic heterocycles. The lowest BCUT2D eigenvalue weighted by atomic mass is 9.98. The molecule has 2 atom stereocenters. The number of hydrogen-bond acceptors (Lipinski definition) is 6. The van der Waals surface area contributed by atoms with Crippen molar-refractivity contribution in [1.29, 1.82) is 0 Å². The lowest BCUT2D eigenvalue weighted by Gasteiger charge is -2.24. The van der Waals surface area contributed by atoms with Crippen LogP contribution in [0.5, 0.6) is 0 Å². The number of H-pyrrole nitrogens is 1. The van der Waals surface area contributed by atoms with Crippen LogP contribution in [-0.2, 0) is 16.1 Å². The van der Waals surface area contributed by atoms with Gasteiger partial charge in [0.25, 0.3) is 0 Å². The summed E-state index contributed by atoms with van der Waals surface area (Å²) < 4.78 is 6.20. The summed E-state index contributed by atoms with van der Waals surface area (Å²) in [4.78, 5) is 22.9. The van der Waals surface area contributed by atoms with E-state index < -0.39 is 11.5 Å². The van der Waals surface area contributed by atoms with Crippen molar-refractivity contribution in [3.05, 3.63) is 10.5 Å². The van der Waals surface area contributed by atoms with Gasteiger partial charge < -0.3 is 10.5 Å². The summed E-state index contributed by atoms with van der Waals surface area (Å²) in [5, 5.41) is 6.98. The lowest BCUT2D eigenvalue weighted by molar-refractivity contribution is -0.146. The number of hydrogen-bond donors (Lipinski definition) is 2. The van der Waals surface area contributed by atoms with Gasteiger partial charge >= 0.3 is 11.7 Å². The standard InChI is InChI=1S/C11H20N4O3S/c1-5-15-9(17)13-14-10(15)19-7(2)6-11(3,12)8(16)18-4/h7H,5-6,12H2,1-4H3,(H,13,17). The molecule has 2 unspecified atom stereocenters. The van der Waals surface area contributed by atoms with Gasteiger partial charge in [-0.05, 0) is 20.3 Å². The van der Waals surface area contributed by atoms with Crippen LogP contribution in [0.3, 0.4) is 0 Å². The summed E-state index contributed by atoms with van der Waals surface area (Å²) in [7, 11) is 1.31. The monoisotopic (exact) mass is 288 g/mol. The Hall–Kier alpha value is -1.28. The molecule has 1 aromatic heterocycles. The molecule has 1 aromatic rings. The summed E-state index contributed by atoms with van der Waals surface area (Å²) in [5.41, 5.74) is 4.63. The quantitative estimate of drug-likeness (QED) is 0.578. The van der Waals surface area contributed by atoms with E-state index in [-0.39, 0.29) is 10.9 Å². The molecule has 108 valence electrons. The predicted molar refractivity (Wildman–Crippen MR) is 73.1 cm³/mol. The van der Waals surface area contributed by atoms with E-state index >= 15 is 0 Å². The Balaban J connectivity index is 2.72. The second-order valence-corrected chi connectivity index (χ2v) is 6.00. The fraction of sp³-hybridized carbons (Fsp3) is 0.727. The van der Waals surface area contributed by atoms with Crippen LogP contribution in [0.1, 0.15) is 27.2 Å². The first kappa shape index (κ1) is 15.8. The molecule has 0 fully saturated rings. The van der Waals surface area contributed by atoms with Crippen molar-refractivity contribution in [2.75, 3.05) is 7.11 Å². The third-order valence-electron chi connectivity index (χ3n) is 2.71. The summed E-state index contributed by atoms with van der Waals surface area (Å²) in [5.74, 6) is -0.449. The van der Waals surface area contributed by atoms with Crippen molar-refractivity contribution in [2.45, 2.75) is 49.7 Å². The van der Waals surface area contributed by atoms with Crippen LogP contribution >= 0.6 is 11.8 Å². The molecular formula is C11H20N4O3S. The average Bonchev–Trinajstić information content (AvgIpc) is 2.67. The van der Waals surface area contributed by atoms with E-state index in [0.29, 0.717) is 18.1 Å². The number of nitrogens with two attached hydrogens (primary N) is 1. The van der Waals surface area contributed by atoms with E-state index in [1.54, 1.807) is 6.92 Å². The number of ether oxygens (including phenoxy) is 1. The zero-order chi connectivity index (χ0) is 14.6. The second kappa shape index (κ2) is 6.25. The maximum Gasteiger partial charge on any atom is 0.343 e. The van der Waals surface area contributed by atoms with Crippen molar-refractivity contribution in [3.8, 4) is 0 Å². The predicted octanol–water partition coefficient (Wildman–Crippen LogP) is 0.352. The van der Waals surface area contributed by atoms with Gasteiger partial charge in [-0.25, -0.2) is 9.89 Å². The van der Waals surface area contributed by atoms with Crippen molar-refractivity contribution in [3.63, 3.8) is 0 Å². The number of carbonyl (C=O) groups excluding carboxylic acids is 1. The number of rotatable bonds is 6. The number of nitrogens with one attached hydrogen (secondary N) is 1. The number of methoxy groups -OCH3 is 1. The molecule has 0 spiro atoms. The second-order valence-electron chi connectivity index (χ2n) is 4.60. The molecular weight excluding hydrogens is 268 g/mol. The summed E-state index contributed by atoms with van der Waals surface area (Å²) in [6.45, 7) is 5.97. The van der Waals surface area contributed by atoms with Gasteiger partial charge in [0.15, 0.2) is 5.16 Å². The molecule has 0 bridgehead atoms. The maximum atomic E-state index is 11.5. The van der Waals surface area contributed by atoms with E-state index in [2.05, 4.69) is 14.9 Å². The molecule has 7 nitrogen and oxygen atoms in total. The van der Waals surface area contributed by atoms with Crippen LogP contribution in [0.25, 0.3) is 0 Å². The van der Waals surface area contributed by atoms with Gasteiger partial charge in [0.1, 0.15) is 5.54 Å². The van der Waals surface area contributed by atoms with Crippen LogP contribution in [0.2, 0.25) is 0 Å².